The van der Waals surface area contributed by atoms with Gasteiger partial charge in [-0.05, 0) is 85.4 Å². The largest absolute Gasteiger partial charge is 0.443 e. The Hall–Kier alpha value is -3.86. The van der Waals surface area contributed by atoms with Gasteiger partial charge < -0.3 is 24.3 Å². The summed E-state index contributed by atoms with van der Waals surface area (Å²) in [6.45, 7) is 7.66. The zero-order valence-electron chi connectivity index (χ0n) is 26.7. The van der Waals surface area contributed by atoms with Gasteiger partial charge >= 0.3 is 6.09 Å². The molecule has 1 unspecified atom stereocenters. The number of hydrogen-bond donors (Lipinski definition) is 1. The molecule has 0 bridgehead atoms. The molecule has 2 saturated carbocycles. The van der Waals surface area contributed by atoms with Crippen LogP contribution in [0.3, 0.4) is 0 Å². The SMILES string of the molecule is COC1CC(c2cccc(N3Cc4c(cc(C(NC(=O)OC5(C)CCC5)C(C)(C)C)cc4C(F)F)C3=O)c2)(c2nncn2C)C1. The summed E-state index contributed by atoms with van der Waals surface area (Å²) < 4.78 is 42.5. The zero-order chi connectivity index (χ0) is 32.3. The average Bonchev–Trinajstić information content (AvgIpc) is 3.52. The minimum absolute atomic E-state index is 0.0171. The molecule has 2 amide bonds. The summed E-state index contributed by atoms with van der Waals surface area (Å²) in [7, 11) is 3.59. The van der Waals surface area contributed by atoms with E-state index in [2.05, 4.69) is 15.5 Å². The summed E-state index contributed by atoms with van der Waals surface area (Å²) in [5.41, 5.74) is 0.801. The standard InChI is InChI=1S/C34H41F2N5O4/c1-32(2,3)27(38-31(43)45-33(4)11-8-12-33)20-13-24(28(35)36)26-18-41(29(42)25(26)14-20)22-10-7-9-21(15-22)34(16-23(17-34)44-6)30-39-37-19-40(30)5/h7,9-10,13-15,19,23,27-28H,8,11-12,16-18H2,1-6H3,(H,38,43). The third kappa shape index (κ3) is 5.49. The molecular formula is C34H41F2N5O4. The van der Waals surface area contributed by atoms with Crippen molar-refractivity contribution in [2.75, 3.05) is 12.0 Å². The fraction of sp³-hybridized carbons (Fsp3) is 0.529. The molecular weight excluding hydrogens is 580 g/mol. The van der Waals surface area contributed by atoms with E-state index in [0.29, 0.717) is 29.7 Å². The van der Waals surface area contributed by atoms with Crippen LogP contribution in [-0.2, 0) is 28.5 Å². The molecule has 1 N–H and O–H groups in total. The normalized spacial score (nSPS) is 22.9. The Bertz CT molecular complexity index is 1620. The highest BCUT2D eigenvalue weighted by molar-refractivity contribution is 6.10. The number of ether oxygens (including phenoxy) is 2. The maximum atomic E-state index is 14.6. The maximum absolute atomic E-state index is 14.6. The number of rotatable bonds is 8. The highest BCUT2D eigenvalue weighted by Gasteiger charge is 2.50. The van der Waals surface area contributed by atoms with Gasteiger partial charge in [0.2, 0.25) is 0 Å². The van der Waals surface area contributed by atoms with Gasteiger partial charge in [-0.15, -0.1) is 10.2 Å². The summed E-state index contributed by atoms with van der Waals surface area (Å²) in [6.07, 6.45) is 2.30. The third-order valence-corrected chi connectivity index (χ3v) is 9.88. The molecule has 6 rings (SSSR count). The fourth-order valence-electron chi connectivity index (χ4n) is 7.10. The molecule has 240 valence electrons. The second-order valence-corrected chi connectivity index (χ2v) is 14.1. The number of benzene rings is 2. The highest BCUT2D eigenvalue weighted by Crippen LogP contribution is 2.50. The Balaban J connectivity index is 1.34. The van der Waals surface area contributed by atoms with Crippen LogP contribution in [0, 0.1) is 5.41 Å². The van der Waals surface area contributed by atoms with Gasteiger partial charge in [-0.2, -0.15) is 0 Å². The van der Waals surface area contributed by atoms with Gasteiger partial charge in [-0.3, -0.25) is 4.79 Å². The number of carbonyl (C=O) groups is 2. The van der Waals surface area contributed by atoms with Crippen molar-refractivity contribution in [3.05, 3.63) is 76.4 Å². The number of aryl methyl sites for hydroxylation is 1. The Labute approximate surface area is 262 Å². The number of nitrogens with one attached hydrogen (secondary N) is 1. The van der Waals surface area contributed by atoms with Crippen LogP contribution in [0.25, 0.3) is 0 Å². The number of amides is 2. The average molecular weight is 622 g/mol. The first-order chi connectivity index (χ1) is 21.2. The molecule has 11 heteroatoms. The number of halogens is 2. The van der Waals surface area contributed by atoms with Crippen LogP contribution in [0.4, 0.5) is 19.3 Å². The molecule has 45 heavy (non-hydrogen) atoms. The third-order valence-electron chi connectivity index (χ3n) is 9.88. The Morgan fingerprint density at radius 2 is 1.89 bits per heavy atom. The first-order valence-corrected chi connectivity index (χ1v) is 15.5. The Kier molecular flexibility index (Phi) is 7.74. The number of methoxy groups -OCH3 is 1. The lowest BCUT2D eigenvalue weighted by Crippen LogP contribution is -2.48. The second-order valence-electron chi connectivity index (χ2n) is 14.1. The van der Waals surface area contributed by atoms with Crippen molar-refractivity contribution in [1.82, 2.24) is 20.1 Å². The number of nitrogens with zero attached hydrogens (tertiary/aromatic N) is 4. The van der Waals surface area contributed by atoms with Crippen LogP contribution >= 0.6 is 0 Å². The van der Waals surface area contributed by atoms with Crippen molar-refractivity contribution in [1.29, 1.82) is 0 Å². The van der Waals surface area contributed by atoms with Crippen LogP contribution in [-0.4, -0.2) is 45.6 Å². The molecule has 0 radical (unpaired) electrons. The smallest absolute Gasteiger partial charge is 0.408 e. The van der Waals surface area contributed by atoms with Crippen molar-refractivity contribution in [3.8, 4) is 0 Å². The molecule has 0 saturated heterocycles. The van der Waals surface area contributed by atoms with E-state index in [1.807, 2.05) is 63.6 Å². The predicted octanol–water partition coefficient (Wildman–Crippen LogP) is 6.76. The van der Waals surface area contributed by atoms with Crippen LogP contribution in [0.15, 0.2) is 42.7 Å². The second kappa shape index (κ2) is 11.2. The first-order valence-electron chi connectivity index (χ1n) is 15.5. The van der Waals surface area contributed by atoms with E-state index in [1.54, 1.807) is 24.4 Å². The monoisotopic (exact) mass is 621 g/mol. The molecule has 0 spiro atoms. The quantitative estimate of drug-likeness (QED) is 0.298. The van der Waals surface area contributed by atoms with Gasteiger partial charge in [0, 0.05) is 31.0 Å². The molecule has 3 aromatic rings. The van der Waals surface area contributed by atoms with E-state index < -0.39 is 35.0 Å². The fourth-order valence-corrected chi connectivity index (χ4v) is 7.10. The van der Waals surface area contributed by atoms with Crippen molar-refractivity contribution in [2.24, 2.45) is 12.5 Å². The van der Waals surface area contributed by atoms with Gasteiger partial charge in [0.25, 0.3) is 12.3 Å². The lowest BCUT2D eigenvalue weighted by Gasteiger charge is -2.46. The number of alkyl halides is 2. The van der Waals surface area contributed by atoms with Gasteiger partial charge in [0.1, 0.15) is 17.8 Å². The van der Waals surface area contributed by atoms with E-state index in [-0.39, 0.29) is 29.7 Å². The summed E-state index contributed by atoms with van der Waals surface area (Å²) in [6, 6.07) is 10.1. The molecule has 2 aliphatic carbocycles. The number of alkyl carbamates (subject to hydrolysis) is 1. The van der Waals surface area contributed by atoms with Crippen molar-refractivity contribution in [3.63, 3.8) is 0 Å². The maximum Gasteiger partial charge on any atom is 0.408 e. The van der Waals surface area contributed by atoms with Crippen molar-refractivity contribution < 1.29 is 27.8 Å². The molecule has 2 fully saturated rings. The van der Waals surface area contributed by atoms with E-state index in [1.165, 1.54) is 6.07 Å². The summed E-state index contributed by atoms with van der Waals surface area (Å²) in [5, 5.41) is 11.4. The molecule has 1 aromatic heterocycles. The summed E-state index contributed by atoms with van der Waals surface area (Å²) in [4.78, 5) is 28.5. The van der Waals surface area contributed by atoms with Gasteiger partial charge in [0.15, 0.2) is 0 Å². The number of carbonyl (C=O) groups excluding carboxylic acids is 2. The minimum Gasteiger partial charge on any atom is -0.443 e. The molecule has 1 aliphatic heterocycles. The summed E-state index contributed by atoms with van der Waals surface area (Å²) >= 11 is 0. The Morgan fingerprint density at radius 3 is 2.47 bits per heavy atom. The number of anilines is 1. The molecule has 2 heterocycles. The number of hydrogen-bond acceptors (Lipinski definition) is 6. The predicted molar refractivity (Wildman–Crippen MR) is 164 cm³/mol. The zero-order valence-corrected chi connectivity index (χ0v) is 26.7. The lowest BCUT2D eigenvalue weighted by atomic mass is 9.62. The number of fused-ring (bicyclic) bond motifs is 1. The van der Waals surface area contributed by atoms with Crippen LogP contribution < -0.4 is 10.2 Å². The van der Waals surface area contributed by atoms with E-state index in [9.17, 15) is 18.4 Å². The van der Waals surface area contributed by atoms with E-state index in [4.69, 9.17) is 9.47 Å². The first kappa shape index (κ1) is 31.1. The highest BCUT2D eigenvalue weighted by atomic mass is 19.3. The molecule has 1 atom stereocenters. The van der Waals surface area contributed by atoms with Crippen LogP contribution in [0.1, 0.15) is 111 Å². The number of aromatic nitrogens is 3. The van der Waals surface area contributed by atoms with E-state index >= 15 is 0 Å². The minimum atomic E-state index is -2.81. The van der Waals surface area contributed by atoms with Crippen LogP contribution in [0.2, 0.25) is 0 Å². The molecule has 2 aromatic carbocycles. The van der Waals surface area contributed by atoms with E-state index in [0.717, 1.165) is 30.7 Å². The topological polar surface area (TPSA) is 98.6 Å². The van der Waals surface area contributed by atoms with Crippen molar-refractivity contribution in [2.45, 2.75) is 95.9 Å². The van der Waals surface area contributed by atoms with Gasteiger partial charge in [0.05, 0.1) is 24.1 Å². The van der Waals surface area contributed by atoms with Gasteiger partial charge in [-0.25, -0.2) is 13.6 Å². The molecule has 9 nitrogen and oxygen atoms in total. The van der Waals surface area contributed by atoms with Crippen LogP contribution in [0.5, 0.6) is 0 Å². The van der Waals surface area contributed by atoms with Crippen molar-refractivity contribution >= 4 is 17.7 Å². The van der Waals surface area contributed by atoms with Gasteiger partial charge in [-0.1, -0.05) is 32.9 Å². The summed E-state index contributed by atoms with van der Waals surface area (Å²) in [5.74, 6) is 0.443. The molecule has 3 aliphatic rings. The Morgan fingerprint density at radius 1 is 1.16 bits per heavy atom. The lowest BCUT2D eigenvalue weighted by molar-refractivity contribution is -0.0349.